The molecule has 0 spiro atoms. The molecule has 2 atom stereocenters. The normalized spacial score (nSPS) is 13.8. The van der Waals surface area contributed by atoms with Crippen LogP contribution in [0.4, 0.5) is 0 Å². The van der Waals surface area contributed by atoms with E-state index in [1.54, 1.807) is 24.3 Å². The van der Waals surface area contributed by atoms with Gasteiger partial charge in [0.15, 0.2) is 6.10 Å². The zero-order valence-electron chi connectivity index (χ0n) is 11.5. The number of carbonyl (C=O) groups excluding carboxylic acids is 1. The minimum atomic E-state index is -0.470. The Labute approximate surface area is 117 Å². The Kier molecular flexibility index (Phi) is 4.10. The Morgan fingerprint density at radius 3 is 2.30 bits per heavy atom. The third-order valence-electron chi connectivity index (χ3n) is 2.92. The topological polar surface area (TPSA) is 91.5 Å². The van der Waals surface area contributed by atoms with Crippen molar-refractivity contribution in [2.45, 2.75) is 26.0 Å². The number of aryl methyl sites for hydroxylation is 1. The van der Waals surface area contributed by atoms with Crippen molar-refractivity contribution in [1.29, 1.82) is 0 Å². The molecule has 0 saturated carbocycles. The number of ether oxygens (including phenoxy) is 1. The first-order chi connectivity index (χ1) is 9.47. The van der Waals surface area contributed by atoms with Crippen molar-refractivity contribution < 1.29 is 13.9 Å². The molecule has 0 saturated heterocycles. The number of rotatable bonds is 5. The zero-order chi connectivity index (χ0) is 14.7. The fourth-order valence-corrected chi connectivity index (χ4v) is 1.88. The zero-order valence-corrected chi connectivity index (χ0v) is 11.5. The Morgan fingerprint density at radius 2 is 1.85 bits per heavy atom. The number of hydrogen-bond acceptors (Lipinski definition) is 4. The fourth-order valence-electron chi connectivity index (χ4n) is 1.88. The molecule has 5 heteroatoms. The third-order valence-corrected chi connectivity index (χ3v) is 2.92. The molecule has 2 rings (SSSR count). The summed E-state index contributed by atoms with van der Waals surface area (Å²) in [6, 6.07) is 10.1. The van der Waals surface area contributed by atoms with Gasteiger partial charge in [-0.15, -0.1) is 0 Å². The van der Waals surface area contributed by atoms with Crippen molar-refractivity contribution in [1.82, 2.24) is 0 Å². The summed E-state index contributed by atoms with van der Waals surface area (Å²) in [7, 11) is 0. The highest BCUT2D eigenvalue weighted by molar-refractivity contribution is 5.92. The molecule has 1 heterocycles. The van der Waals surface area contributed by atoms with E-state index in [2.05, 4.69) is 0 Å². The summed E-state index contributed by atoms with van der Waals surface area (Å²) in [5.74, 6) is 1.61. The summed E-state index contributed by atoms with van der Waals surface area (Å²) in [6.45, 7) is 3.71. The van der Waals surface area contributed by atoms with Gasteiger partial charge in [-0.1, -0.05) is 0 Å². The maximum atomic E-state index is 11.0. The first-order valence-corrected chi connectivity index (χ1v) is 6.36. The second kappa shape index (κ2) is 5.79. The first-order valence-electron chi connectivity index (χ1n) is 6.36. The van der Waals surface area contributed by atoms with Gasteiger partial charge in [-0.3, -0.25) is 4.79 Å². The van der Waals surface area contributed by atoms with E-state index >= 15 is 0 Å². The van der Waals surface area contributed by atoms with E-state index in [1.807, 2.05) is 26.0 Å². The fraction of sp³-hybridized carbons (Fsp3) is 0.267. The number of primary amides is 1. The van der Waals surface area contributed by atoms with Gasteiger partial charge >= 0.3 is 0 Å². The van der Waals surface area contributed by atoms with Gasteiger partial charge in [0.1, 0.15) is 17.3 Å². The smallest absolute Gasteiger partial charge is 0.248 e. The molecule has 5 nitrogen and oxygen atoms in total. The SMILES string of the molecule is Cc1ccc(C(Oc2ccc(C(N)=O)cc2)C(C)N)o1. The predicted molar refractivity (Wildman–Crippen MR) is 75.4 cm³/mol. The van der Waals surface area contributed by atoms with Crippen LogP contribution in [0, 0.1) is 6.92 Å². The van der Waals surface area contributed by atoms with Gasteiger partial charge in [0.25, 0.3) is 0 Å². The lowest BCUT2D eigenvalue weighted by Gasteiger charge is -2.20. The largest absolute Gasteiger partial charge is 0.481 e. The highest BCUT2D eigenvalue weighted by Gasteiger charge is 2.21. The second-order valence-electron chi connectivity index (χ2n) is 4.73. The lowest BCUT2D eigenvalue weighted by atomic mass is 10.1. The summed E-state index contributed by atoms with van der Waals surface area (Å²) in [4.78, 5) is 11.0. The molecule has 0 aliphatic heterocycles. The lowest BCUT2D eigenvalue weighted by Crippen LogP contribution is -2.28. The summed E-state index contributed by atoms with van der Waals surface area (Å²) in [6.07, 6.45) is -0.386. The molecular formula is C15H18N2O3. The van der Waals surface area contributed by atoms with Gasteiger partial charge in [0, 0.05) is 11.6 Å². The van der Waals surface area contributed by atoms with Gasteiger partial charge in [0.2, 0.25) is 5.91 Å². The van der Waals surface area contributed by atoms with Crippen molar-refractivity contribution in [2.75, 3.05) is 0 Å². The molecule has 2 aromatic rings. The molecule has 0 aliphatic carbocycles. The Morgan fingerprint density at radius 1 is 1.20 bits per heavy atom. The highest BCUT2D eigenvalue weighted by atomic mass is 16.5. The van der Waals surface area contributed by atoms with Gasteiger partial charge in [0.05, 0.1) is 0 Å². The summed E-state index contributed by atoms with van der Waals surface area (Å²) in [5.41, 5.74) is 11.6. The van der Waals surface area contributed by atoms with Crippen molar-refractivity contribution in [3.05, 3.63) is 53.5 Å². The molecule has 1 amide bonds. The van der Waals surface area contributed by atoms with Gasteiger partial charge in [-0.25, -0.2) is 0 Å². The Balaban J connectivity index is 2.18. The van der Waals surface area contributed by atoms with E-state index in [0.29, 0.717) is 17.1 Å². The third kappa shape index (κ3) is 3.19. The molecule has 2 unspecified atom stereocenters. The van der Waals surface area contributed by atoms with Crippen LogP contribution in [0.3, 0.4) is 0 Å². The van der Waals surface area contributed by atoms with Crippen LogP contribution in [-0.4, -0.2) is 11.9 Å². The molecule has 20 heavy (non-hydrogen) atoms. The summed E-state index contributed by atoms with van der Waals surface area (Å²) in [5, 5.41) is 0. The molecule has 4 N–H and O–H groups in total. The second-order valence-corrected chi connectivity index (χ2v) is 4.73. The van der Waals surface area contributed by atoms with Crippen LogP contribution >= 0.6 is 0 Å². The Bertz CT molecular complexity index is 587. The molecule has 0 fully saturated rings. The highest BCUT2D eigenvalue weighted by Crippen LogP contribution is 2.25. The minimum absolute atomic E-state index is 0.239. The average Bonchev–Trinajstić information content (AvgIpc) is 2.82. The van der Waals surface area contributed by atoms with Crippen LogP contribution in [0.25, 0.3) is 0 Å². The first kappa shape index (κ1) is 14.1. The maximum Gasteiger partial charge on any atom is 0.248 e. The molecule has 0 bridgehead atoms. The van der Waals surface area contributed by atoms with E-state index in [4.69, 9.17) is 20.6 Å². The number of furan rings is 1. The van der Waals surface area contributed by atoms with Crippen LogP contribution in [0.15, 0.2) is 40.8 Å². The van der Waals surface area contributed by atoms with Crippen LogP contribution in [0.5, 0.6) is 5.75 Å². The number of hydrogen-bond donors (Lipinski definition) is 2. The van der Waals surface area contributed by atoms with Crippen LogP contribution in [0.1, 0.15) is 34.9 Å². The predicted octanol–water partition coefficient (Wildman–Crippen LogP) is 2.15. The number of carbonyl (C=O) groups is 1. The Hall–Kier alpha value is -2.27. The summed E-state index contributed by atoms with van der Waals surface area (Å²) < 4.78 is 11.4. The van der Waals surface area contributed by atoms with Crippen LogP contribution < -0.4 is 16.2 Å². The summed E-state index contributed by atoms with van der Waals surface area (Å²) >= 11 is 0. The molecule has 106 valence electrons. The monoisotopic (exact) mass is 274 g/mol. The van der Waals surface area contributed by atoms with Crippen molar-refractivity contribution >= 4 is 5.91 Å². The van der Waals surface area contributed by atoms with E-state index in [1.165, 1.54) is 0 Å². The molecule has 1 aromatic carbocycles. The van der Waals surface area contributed by atoms with E-state index in [-0.39, 0.29) is 12.1 Å². The number of benzene rings is 1. The molecular weight excluding hydrogens is 256 g/mol. The average molecular weight is 274 g/mol. The molecule has 0 aliphatic rings. The van der Waals surface area contributed by atoms with Crippen molar-refractivity contribution in [2.24, 2.45) is 11.5 Å². The lowest BCUT2D eigenvalue weighted by molar-refractivity contribution is 0.1000. The van der Waals surface area contributed by atoms with E-state index in [0.717, 1.165) is 5.76 Å². The quantitative estimate of drug-likeness (QED) is 0.873. The molecule has 0 radical (unpaired) electrons. The number of nitrogens with two attached hydrogens (primary N) is 2. The van der Waals surface area contributed by atoms with Gasteiger partial charge < -0.3 is 20.6 Å². The van der Waals surface area contributed by atoms with Gasteiger partial charge in [-0.05, 0) is 50.2 Å². The minimum Gasteiger partial charge on any atom is -0.481 e. The van der Waals surface area contributed by atoms with E-state index in [9.17, 15) is 4.79 Å². The van der Waals surface area contributed by atoms with Crippen LogP contribution in [0.2, 0.25) is 0 Å². The molecule has 1 aromatic heterocycles. The van der Waals surface area contributed by atoms with Crippen LogP contribution in [-0.2, 0) is 0 Å². The standard InChI is InChI=1S/C15H18N2O3/c1-9-3-8-13(19-9)14(10(2)16)20-12-6-4-11(5-7-12)15(17)18/h3-8,10,14H,16H2,1-2H3,(H2,17,18). The van der Waals surface area contributed by atoms with Crippen molar-refractivity contribution in [3.8, 4) is 5.75 Å². The van der Waals surface area contributed by atoms with Gasteiger partial charge in [-0.2, -0.15) is 0 Å². The maximum absolute atomic E-state index is 11.0. The number of amides is 1. The van der Waals surface area contributed by atoms with Crippen molar-refractivity contribution in [3.63, 3.8) is 0 Å². The van der Waals surface area contributed by atoms with E-state index < -0.39 is 5.91 Å².